The van der Waals surface area contributed by atoms with Crippen LogP contribution >= 0.6 is 34.8 Å². The summed E-state index contributed by atoms with van der Waals surface area (Å²) in [7, 11) is 0. The van der Waals surface area contributed by atoms with Crippen LogP contribution in [0.3, 0.4) is 0 Å². The molecule has 1 heterocycles. The summed E-state index contributed by atoms with van der Waals surface area (Å²) in [6, 6.07) is 1.18. The number of aromatic amines is 1. The minimum absolute atomic E-state index is 0.000480. The molecule has 0 aliphatic heterocycles. The first-order chi connectivity index (χ1) is 8.88. The summed E-state index contributed by atoms with van der Waals surface area (Å²) in [6.07, 6.45) is 0. The van der Waals surface area contributed by atoms with Crippen LogP contribution in [0.5, 0.6) is 5.75 Å². The number of fused-ring (bicyclic) bond motifs is 1. The van der Waals surface area contributed by atoms with Crippen LogP contribution in [0.1, 0.15) is 0 Å². The fourth-order valence-electron chi connectivity index (χ4n) is 1.52. The first kappa shape index (κ1) is 13.8. The Morgan fingerprint density at radius 3 is 2.37 bits per heavy atom. The number of hydrogen-bond donors (Lipinski definition) is 2. The summed E-state index contributed by atoms with van der Waals surface area (Å²) < 4.78 is 0. The van der Waals surface area contributed by atoms with Gasteiger partial charge in [-0.2, -0.15) is 0 Å². The maximum absolute atomic E-state index is 12.0. The minimum Gasteiger partial charge on any atom is -0.502 e. The van der Waals surface area contributed by atoms with Crippen molar-refractivity contribution in [3.8, 4) is 5.75 Å². The number of nitrogens with one attached hydrogen (secondary N) is 1. The lowest BCUT2D eigenvalue weighted by Crippen LogP contribution is -2.01. The van der Waals surface area contributed by atoms with E-state index >= 15 is 0 Å². The average Bonchev–Trinajstić information content (AvgIpc) is 2.44. The van der Waals surface area contributed by atoms with Crippen molar-refractivity contribution in [2.45, 2.75) is 0 Å². The molecule has 1 aromatic carbocycles. The maximum Gasteiger partial charge on any atom is 0.281 e. The van der Waals surface area contributed by atoms with E-state index in [2.05, 4.69) is 10.2 Å². The molecule has 0 atom stereocenters. The number of aromatic nitrogens is 1. The van der Waals surface area contributed by atoms with Crippen LogP contribution in [0.2, 0.25) is 15.1 Å². The van der Waals surface area contributed by atoms with Crippen molar-refractivity contribution >= 4 is 51.4 Å². The molecule has 2 N–H and O–H groups in total. The topological polar surface area (TPSA) is 99.6 Å². The summed E-state index contributed by atoms with van der Waals surface area (Å²) in [6.45, 7) is 0. The van der Waals surface area contributed by atoms with Crippen molar-refractivity contribution in [3.05, 3.63) is 46.6 Å². The van der Waals surface area contributed by atoms with E-state index in [1.54, 1.807) is 0 Å². The lowest BCUT2D eigenvalue weighted by atomic mass is 10.2. The summed E-state index contributed by atoms with van der Waals surface area (Å²) in [4.78, 5) is 36.2. The zero-order valence-electron chi connectivity index (χ0n) is 8.83. The summed E-state index contributed by atoms with van der Waals surface area (Å²) in [5.74, 6) is -1.11. The highest BCUT2D eigenvalue weighted by molar-refractivity contribution is 6.50. The average molecular weight is 322 g/mol. The molecule has 9 heteroatoms. The number of aromatic hydroxyl groups is 1. The van der Waals surface area contributed by atoms with E-state index < -0.39 is 22.4 Å². The molecule has 2 rings (SSSR count). The van der Waals surface area contributed by atoms with Crippen molar-refractivity contribution in [3.63, 3.8) is 0 Å². The molecule has 6 nitrogen and oxygen atoms in total. The normalized spacial score (nSPS) is 10.7. The van der Waals surface area contributed by atoms with Crippen LogP contribution in [0, 0.1) is 4.91 Å². The third-order valence-corrected chi connectivity index (χ3v) is 3.65. The second-order valence-corrected chi connectivity index (χ2v) is 4.64. The van der Waals surface area contributed by atoms with Crippen LogP contribution in [-0.2, 0) is 0 Å². The van der Waals surface area contributed by atoms with E-state index in [-0.39, 0.29) is 26.0 Å². The fourth-order valence-corrected chi connectivity index (χ4v) is 2.21. The SMILES string of the molecule is O=Nc1c(O)c(=O)c2c(Cl)c(Cl)c(Cl)cc2[nH]c1=O. The largest absolute Gasteiger partial charge is 0.502 e. The van der Waals surface area contributed by atoms with Crippen molar-refractivity contribution in [2.24, 2.45) is 5.18 Å². The minimum atomic E-state index is -1.11. The molecule has 0 spiro atoms. The molecule has 0 saturated carbocycles. The highest BCUT2D eigenvalue weighted by Crippen LogP contribution is 2.35. The highest BCUT2D eigenvalue weighted by atomic mass is 35.5. The van der Waals surface area contributed by atoms with Gasteiger partial charge in [0.1, 0.15) is 0 Å². The van der Waals surface area contributed by atoms with Crippen LogP contribution in [0.4, 0.5) is 5.69 Å². The molecular weight excluding hydrogens is 318 g/mol. The summed E-state index contributed by atoms with van der Waals surface area (Å²) >= 11 is 17.4. The zero-order chi connectivity index (χ0) is 14.3. The van der Waals surface area contributed by atoms with Crippen LogP contribution in [0.15, 0.2) is 20.8 Å². The molecule has 2 aromatic rings. The predicted octanol–water partition coefficient (Wildman–Crippen LogP) is 2.95. The molecule has 1 aromatic heterocycles. The Hall–Kier alpha value is -1.63. The molecule has 19 heavy (non-hydrogen) atoms. The first-order valence-electron chi connectivity index (χ1n) is 4.68. The second-order valence-electron chi connectivity index (χ2n) is 3.48. The van der Waals surface area contributed by atoms with Gasteiger partial charge in [-0.25, -0.2) is 0 Å². The van der Waals surface area contributed by atoms with E-state index in [4.69, 9.17) is 34.8 Å². The molecule has 0 radical (unpaired) electrons. The van der Waals surface area contributed by atoms with Gasteiger partial charge in [-0.15, -0.1) is 4.91 Å². The van der Waals surface area contributed by atoms with Crippen LogP contribution < -0.4 is 11.0 Å². The number of nitrogens with zero attached hydrogens (tertiary/aromatic N) is 1. The van der Waals surface area contributed by atoms with E-state index in [1.165, 1.54) is 6.07 Å². The third-order valence-electron chi connectivity index (χ3n) is 2.38. The molecule has 0 bridgehead atoms. The standard InChI is InChI=1S/C10H3Cl3N2O4/c11-2-1-3-4(6(13)5(2)12)8(16)9(17)7(15-19)10(18)14-3/h1H,(H,14,18)(H,16,17). The number of H-pyrrole nitrogens is 1. The highest BCUT2D eigenvalue weighted by Gasteiger charge is 2.18. The Kier molecular flexibility index (Phi) is 3.49. The molecule has 98 valence electrons. The van der Waals surface area contributed by atoms with E-state index in [9.17, 15) is 19.6 Å². The summed E-state index contributed by atoms with van der Waals surface area (Å²) in [5.41, 5.74) is -3.11. The van der Waals surface area contributed by atoms with Gasteiger partial charge in [0.15, 0.2) is 5.75 Å². The van der Waals surface area contributed by atoms with E-state index in [0.29, 0.717) is 0 Å². The first-order valence-corrected chi connectivity index (χ1v) is 5.82. The van der Waals surface area contributed by atoms with Crippen LogP contribution in [-0.4, -0.2) is 10.1 Å². The lowest BCUT2D eigenvalue weighted by molar-refractivity contribution is 0.472. The number of hydrogen-bond acceptors (Lipinski definition) is 5. The quantitative estimate of drug-likeness (QED) is 0.623. The van der Waals surface area contributed by atoms with Gasteiger partial charge in [0.2, 0.25) is 11.1 Å². The Labute approximate surface area is 119 Å². The maximum atomic E-state index is 12.0. The third kappa shape index (κ3) is 2.07. The van der Waals surface area contributed by atoms with Crippen LogP contribution in [0.25, 0.3) is 10.9 Å². The van der Waals surface area contributed by atoms with Crippen molar-refractivity contribution in [1.82, 2.24) is 4.98 Å². The monoisotopic (exact) mass is 320 g/mol. The number of benzene rings is 1. The van der Waals surface area contributed by atoms with Crippen molar-refractivity contribution in [2.75, 3.05) is 0 Å². The van der Waals surface area contributed by atoms with Crippen molar-refractivity contribution < 1.29 is 5.11 Å². The predicted molar refractivity (Wildman–Crippen MR) is 73.0 cm³/mol. The number of halogens is 3. The lowest BCUT2D eigenvalue weighted by Gasteiger charge is -2.01. The van der Waals surface area contributed by atoms with Gasteiger partial charge in [0, 0.05) is 0 Å². The Balaban J connectivity index is 3.26. The Morgan fingerprint density at radius 1 is 1.16 bits per heavy atom. The molecule has 0 fully saturated rings. The molecular formula is C10H3Cl3N2O4. The Morgan fingerprint density at radius 2 is 1.79 bits per heavy atom. The molecule has 0 aliphatic carbocycles. The second kappa shape index (κ2) is 4.80. The zero-order valence-corrected chi connectivity index (χ0v) is 11.1. The number of rotatable bonds is 1. The van der Waals surface area contributed by atoms with Gasteiger partial charge in [-0.05, 0) is 11.2 Å². The van der Waals surface area contributed by atoms with Crippen molar-refractivity contribution in [1.29, 1.82) is 0 Å². The Bertz CT molecular complexity index is 832. The van der Waals surface area contributed by atoms with Gasteiger partial charge in [0.05, 0.1) is 26.0 Å². The van der Waals surface area contributed by atoms with E-state index in [1.807, 2.05) is 0 Å². The molecule has 0 aliphatic rings. The summed E-state index contributed by atoms with van der Waals surface area (Å²) in [5, 5.41) is 11.3. The fraction of sp³-hybridized carbons (Fsp3) is 0. The molecule has 0 unspecified atom stereocenters. The van der Waals surface area contributed by atoms with Gasteiger partial charge < -0.3 is 10.1 Å². The number of nitroso groups, excluding NO2 is 1. The molecule has 0 amide bonds. The smallest absolute Gasteiger partial charge is 0.281 e. The van der Waals surface area contributed by atoms with Gasteiger partial charge in [-0.3, -0.25) is 9.59 Å². The van der Waals surface area contributed by atoms with Gasteiger partial charge in [0.25, 0.3) is 5.56 Å². The van der Waals surface area contributed by atoms with E-state index in [0.717, 1.165) is 0 Å². The van der Waals surface area contributed by atoms with Gasteiger partial charge >= 0.3 is 0 Å². The van der Waals surface area contributed by atoms with Gasteiger partial charge in [-0.1, -0.05) is 34.8 Å². The molecule has 0 saturated heterocycles.